The predicted octanol–water partition coefficient (Wildman–Crippen LogP) is 17.4. The Labute approximate surface area is 387 Å². The molecule has 0 saturated carbocycles. The molecule has 0 N–H and O–H groups in total. The van der Waals surface area contributed by atoms with Gasteiger partial charge in [0.25, 0.3) is 0 Å². The fraction of sp³-hybridized carbons (Fsp3) is 0. The summed E-state index contributed by atoms with van der Waals surface area (Å²) in [5.41, 5.74) is 13.9. The van der Waals surface area contributed by atoms with Crippen molar-refractivity contribution in [3.05, 3.63) is 237 Å². The van der Waals surface area contributed by atoms with Gasteiger partial charge in [-0.3, -0.25) is 0 Å². The molecule has 0 bridgehead atoms. The number of hydrogen-bond acceptors (Lipinski definition) is 0. The van der Waals surface area contributed by atoms with Gasteiger partial charge in [0.2, 0.25) is 0 Å². The second-order valence-electron chi connectivity index (χ2n) is 17.4. The first-order chi connectivity index (χ1) is 32.8. The van der Waals surface area contributed by atoms with Gasteiger partial charge in [-0.1, -0.05) is 18.2 Å². The third-order valence-electron chi connectivity index (χ3n) is 14.0. The molecule has 1 nitrogen and oxygen atoms in total. The first kappa shape index (κ1) is 37.4. The van der Waals surface area contributed by atoms with E-state index in [9.17, 15) is 0 Å². The zero-order valence-electron chi connectivity index (χ0n) is 35.9. The summed E-state index contributed by atoms with van der Waals surface area (Å²) in [5, 5.41) is 15.5. The number of nitrogens with zero attached hydrogens (tertiary/aromatic N) is 1. The first-order valence-corrected chi connectivity index (χ1v) is 24.5. The van der Waals surface area contributed by atoms with Crippen molar-refractivity contribution in [2.24, 2.45) is 0 Å². The number of benzene rings is 12. The van der Waals surface area contributed by atoms with E-state index in [1.165, 1.54) is 134 Å². The minimum absolute atomic E-state index is 0.0819. The van der Waals surface area contributed by atoms with Gasteiger partial charge >= 0.3 is 372 Å². The van der Waals surface area contributed by atoms with Crippen LogP contribution in [0, 0.1) is 0 Å². The third kappa shape index (κ3) is 5.47. The molecule has 2 heterocycles. The van der Waals surface area contributed by atoms with Crippen molar-refractivity contribution in [1.29, 1.82) is 0 Å². The van der Waals surface area contributed by atoms with Crippen LogP contribution in [0.4, 0.5) is 0 Å². The molecule has 0 radical (unpaired) electrons. The van der Waals surface area contributed by atoms with Crippen LogP contribution in [-0.2, 0) is 0 Å². The van der Waals surface area contributed by atoms with Crippen LogP contribution < -0.4 is 0 Å². The van der Waals surface area contributed by atoms with Gasteiger partial charge in [0, 0.05) is 0 Å². The molecular weight excluding hydrogens is 862 g/mol. The summed E-state index contributed by atoms with van der Waals surface area (Å²) in [6, 6.07) is 88.0. The zero-order chi connectivity index (χ0) is 43.3. The van der Waals surface area contributed by atoms with Crippen LogP contribution in [0.3, 0.4) is 0 Å². The predicted molar refractivity (Wildman–Crippen MR) is 285 cm³/mol. The van der Waals surface area contributed by atoms with Crippen molar-refractivity contribution in [3.63, 3.8) is 0 Å². The van der Waals surface area contributed by atoms with E-state index in [1.807, 2.05) is 0 Å². The summed E-state index contributed by atoms with van der Waals surface area (Å²) < 4.78 is 5.33. The van der Waals surface area contributed by atoms with Gasteiger partial charge < -0.3 is 0 Å². The zero-order valence-corrected chi connectivity index (χ0v) is 37.6. The molecule has 0 atom stereocenters. The van der Waals surface area contributed by atoms with Crippen molar-refractivity contribution in [2.45, 2.75) is 0 Å². The van der Waals surface area contributed by atoms with E-state index < -0.39 is 0 Å². The van der Waals surface area contributed by atoms with E-state index >= 15 is 0 Å². The van der Waals surface area contributed by atoms with Gasteiger partial charge in [-0.2, -0.15) is 0 Å². The number of fused-ring (bicyclic) bond motifs is 10. The second-order valence-corrected chi connectivity index (χ2v) is 19.6. The van der Waals surface area contributed by atoms with Crippen molar-refractivity contribution in [3.8, 4) is 50.2 Å². The second kappa shape index (κ2) is 14.8. The van der Waals surface area contributed by atoms with Crippen LogP contribution in [0.5, 0.6) is 0 Å². The van der Waals surface area contributed by atoms with E-state index in [0.717, 1.165) is 0 Å². The Bertz CT molecular complexity index is 4160. The van der Waals surface area contributed by atoms with Gasteiger partial charge in [-0.05, 0) is 0 Å². The molecule has 0 fully saturated rings. The molecule has 0 aliphatic carbocycles. The van der Waals surface area contributed by atoms with Gasteiger partial charge in [-0.15, -0.1) is 0 Å². The molecule has 0 spiro atoms. The van der Waals surface area contributed by atoms with Crippen molar-refractivity contribution < 1.29 is 0 Å². The topological polar surface area (TPSA) is 4.93 Å². The summed E-state index contributed by atoms with van der Waals surface area (Å²) >= 11 is 0.0819. The Hall–Kier alpha value is -8.00. The van der Waals surface area contributed by atoms with E-state index in [2.05, 4.69) is 241 Å². The normalized spacial score (nSPS) is 11.9. The van der Waals surface area contributed by atoms with Crippen LogP contribution in [0.1, 0.15) is 0 Å². The molecular formula is C64H39NSe. The van der Waals surface area contributed by atoms with Gasteiger partial charge in [0.05, 0.1) is 0 Å². The summed E-state index contributed by atoms with van der Waals surface area (Å²) in [7, 11) is 0. The summed E-state index contributed by atoms with van der Waals surface area (Å²) in [5.74, 6) is 0. The maximum absolute atomic E-state index is 2.52. The molecule has 2 heteroatoms. The third-order valence-corrected chi connectivity index (χ3v) is 16.5. The number of rotatable bonds is 5. The Kier molecular flexibility index (Phi) is 8.37. The SMILES string of the molecule is c1ccc(-c2c3ccccc3c(-c3ccc4c(c3)[se]c3c(-c5c6ccccc6c(-c6cccc7c6c6ccccc6n7-c6ccccc6)c6ccccc56)cccc34)c3ccccc23)cc1. The molecule has 14 aromatic rings. The molecule has 0 aliphatic heterocycles. The Morgan fingerprint density at radius 1 is 0.273 bits per heavy atom. The van der Waals surface area contributed by atoms with Crippen LogP contribution in [-0.4, -0.2) is 19.1 Å². The standard InChI is InChI=1S/C64H39NSe/c1-3-19-40(20-4-1)59-44-23-7-9-25-46(44)60(47-26-10-8-24-45(47)59)41-37-38-43-52-32-17-34-55(64(52)66-58(43)39-41)62-50-29-13-11-27-48(50)61(49-28-12-14-30-51(49)62)54-33-18-36-57-63(54)53-31-15-16-35-56(53)65(57)42-21-5-2-6-22-42/h1-39H. The fourth-order valence-corrected chi connectivity index (χ4v) is 13.9. The van der Waals surface area contributed by atoms with Crippen molar-refractivity contribution >= 4 is 98.7 Å². The summed E-state index contributed by atoms with van der Waals surface area (Å²) in [6.45, 7) is 0. The average Bonchev–Trinajstić information content (AvgIpc) is 3.93. The van der Waals surface area contributed by atoms with Crippen LogP contribution >= 0.6 is 0 Å². The van der Waals surface area contributed by atoms with Crippen LogP contribution in [0.15, 0.2) is 237 Å². The molecule has 2 aromatic heterocycles. The monoisotopic (exact) mass is 901 g/mol. The molecule has 0 saturated heterocycles. The fourth-order valence-electron chi connectivity index (χ4n) is 11.3. The number of para-hydroxylation sites is 2. The molecule has 66 heavy (non-hydrogen) atoms. The van der Waals surface area contributed by atoms with Crippen molar-refractivity contribution in [1.82, 2.24) is 4.57 Å². The Morgan fingerprint density at radius 3 is 1.32 bits per heavy atom. The minimum atomic E-state index is 0.0819. The number of hydrogen-bond donors (Lipinski definition) is 0. The van der Waals surface area contributed by atoms with Gasteiger partial charge in [0.15, 0.2) is 0 Å². The summed E-state index contributed by atoms with van der Waals surface area (Å²) in [6.07, 6.45) is 0. The molecule has 0 aliphatic rings. The van der Waals surface area contributed by atoms with Crippen LogP contribution in [0.25, 0.3) is 134 Å². The van der Waals surface area contributed by atoms with E-state index in [0.29, 0.717) is 0 Å². The van der Waals surface area contributed by atoms with Crippen molar-refractivity contribution in [2.75, 3.05) is 0 Å². The van der Waals surface area contributed by atoms with E-state index in [-0.39, 0.29) is 14.5 Å². The summed E-state index contributed by atoms with van der Waals surface area (Å²) in [4.78, 5) is 0. The molecule has 14 rings (SSSR count). The van der Waals surface area contributed by atoms with Gasteiger partial charge in [0.1, 0.15) is 0 Å². The molecule has 0 unspecified atom stereocenters. The molecule has 306 valence electrons. The number of aromatic nitrogens is 1. The van der Waals surface area contributed by atoms with Crippen LogP contribution in [0.2, 0.25) is 0 Å². The molecule has 0 amide bonds. The first-order valence-electron chi connectivity index (χ1n) is 22.8. The maximum atomic E-state index is 2.52. The molecule has 12 aromatic carbocycles. The Balaban J connectivity index is 1.01. The average molecular weight is 901 g/mol. The van der Waals surface area contributed by atoms with Gasteiger partial charge in [-0.25, -0.2) is 0 Å². The van der Waals surface area contributed by atoms with E-state index in [4.69, 9.17) is 0 Å². The Morgan fingerprint density at radius 2 is 0.712 bits per heavy atom. The van der Waals surface area contributed by atoms with E-state index in [1.54, 1.807) is 0 Å². The quantitative estimate of drug-likeness (QED) is 0.120.